The number of rotatable bonds is 4. The van der Waals surface area contributed by atoms with Crippen molar-refractivity contribution in [3.63, 3.8) is 0 Å². The molecule has 0 amide bonds. The lowest BCUT2D eigenvalue weighted by Gasteiger charge is -2.10. The molecule has 82 valence electrons. The zero-order chi connectivity index (χ0) is 11.4. The van der Waals surface area contributed by atoms with Crippen molar-refractivity contribution in [1.29, 1.82) is 0 Å². The fraction of sp³-hybridized carbons (Fsp3) is 0.417. The maximum absolute atomic E-state index is 12.8. The summed E-state index contributed by atoms with van der Waals surface area (Å²) in [7, 11) is 0. The first-order valence-corrected chi connectivity index (χ1v) is 5.80. The Bertz CT molecular complexity index is 363. The first kappa shape index (κ1) is 12.4. The highest BCUT2D eigenvalue weighted by Gasteiger charge is 2.13. The minimum absolute atomic E-state index is 0.00300. The van der Waals surface area contributed by atoms with Gasteiger partial charge in [0, 0.05) is 16.8 Å². The van der Waals surface area contributed by atoms with Crippen LogP contribution in [-0.2, 0) is 11.2 Å². The number of Topliss-reactive ketones (excluding diaryl/α,β-unsaturated/α-hetero) is 1. The number of hydrogen-bond donors (Lipinski definition) is 0. The molecule has 1 unspecified atom stereocenters. The van der Waals surface area contributed by atoms with Crippen molar-refractivity contribution in [1.82, 2.24) is 0 Å². The lowest BCUT2D eigenvalue weighted by Crippen LogP contribution is -2.12. The van der Waals surface area contributed by atoms with Crippen LogP contribution in [0.15, 0.2) is 22.7 Å². The van der Waals surface area contributed by atoms with Crippen LogP contribution >= 0.6 is 15.9 Å². The highest BCUT2D eigenvalue weighted by molar-refractivity contribution is 9.10. The van der Waals surface area contributed by atoms with Gasteiger partial charge >= 0.3 is 0 Å². The lowest BCUT2D eigenvalue weighted by molar-refractivity contribution is -0.122. The first-order valence-electron chi connectivity index (χ1n) is 5.01. The van der Waals surface area contributed by atoms with E-state index in [2.05, 4.69) is 15.9 Å². The summed E-state index contributed by atoms with van der Waals surface area (Å²) in [5, 5.41) is 0. The van der Waals surface area contributed by atoms with Gasteiger partial charge in [-0.2, -0.15) is 0 Å². The molecule has 0 aliphatic rings. The van der Waals surface area contributed by atoms with E-state index >= 15 is 0 Å². The normalized spacial score (nSPS) is 12.5. The zero-order valence-corrected chi connectivity index (χ0v) is 10.5. The van der Waals surface area contributed by atoms with Crippen LogP contribution in [0.2, 0.25) is 0 Å². The van der Waals surface area contributed by atoms with E-state index in [-0.39, 0.29) is 17.5 Å². The standard InChI is InChI=1S/C12H14BrFO/c1-3-12(15)8(2)6-9-4-5-10(14)7-11(9)13/h4-5,7-8H,3,6H2,1-2H3. The Labute approximate surface area is 97.8 Å². The summed E-state index contributed by atoms with van der Waals surface area (Å²) in [6, 6.07) is 4.57. The van der Waals surface area contributed by atoms with Gasteiger partial charge in [0.2, 0.25) is 0 Å². The first-order chi connectivity index (χ1) is 7.04. The van der Waals surface area contributed by atoms with E-state index in [9.17, 15) is 9.18 Å². The van der Waals surface area contributed by atoms with Crippen LogP contribution < -0.4 is 0 Å². The quantitative estimate of drug-likeness (QED) is 0.816. The van der Waals surface area contributed by atoms with Crippen molar-refractivity contribution in [3.8, 4) is 0 Å². The average molecular weight is 273 g/mol. The maximum atomic E-state index is 12.8. The highest BCUT2D eigenvalue weighted by atomic mass is 79.9. The van der Waals surface area contributed by atoms with Crippen molar-refractivity contribution >= 4 is 21.7 Å². The third-order valence-electron chi connectivity index (χ3n) is 2.44. The molecule has 0 aliphatic carbocycles. The van der Waals surface area contributed by atoms with Crippen LogP contribution in [0.25, 0.3) is 0 Å². The Balaban J connectivity index is 2.76. The van der Waals surface area contributed by atoms with E-state index in [1.54, 1.807) is 6.07 Å². The van der Waals surface area contributed by atoms with Gasteiger partial charge in [0.05, 0.1) is 0 Å². The van der Waals surface area contributed by atoms with Gasteiger partial charge in [-0.05, 0) is 24.1 Å². The molecule has 0 heterocycles. The molecule has 1 aromatic rings. The molecule has 0 spiro atoms. The van der Waals surface area contributed by atoms with Crippen molar-refractivity contribution in [2.45, 2.75) is 26.7 Å². The van der Waals surface area contributed by atoms with Gasteiger partial charge in [0.15, 0.2) is 0 Å². The molecule has 0 saturated heterocycles. The van der Waals surface area contributed by atoms with Gasteiger partial charge in [-0.25, -0.2) is 4.39 Å². The third kappa shape index (κ3) is 3.42. The molecule has 0 radical (unpaired) electrons. The highest BCUT2D eigenvalue weighted by Crippen LogP contribution is 2.21. The molecule has 1 rings (SSSR count). The zero-order valence-electron chi connectivity index (χ0n) is 8.89. The molecule has 3 heteroatoms. The topological polar surface area (TPSA) is 17.1 Å². The molecular weight excluding hydrogens is 259 g/mol. The van der Waals surface area contributed by atoms with Crippen LogP contribution in [0.4, 0.5) is 4.39 Å². The van der Waals surface area contributed by atoms with Crippen LogP contribution in [0.3, 0.4) is 0 Å². The summed E-state index contributed by atoms with van der Waals surface area (Å²) >= 11 is 3.30. The van der Waals surface area contributed by atoms with Crippen LogP contribution in [0.5, 0.6) is 0 Å². The summed E-state index contributed by atoms with van der Waals surface area (Å²) < 4.78 is 13.5. The summed E-state index contributed by atoms with van der Waals surface area (Å²) in [6.45, 7) is 3.76. The van der Waals surface area contributed by atoms with Crippen molar-refractivity contribution < 1.29 is 9.18 Å². The van der Waals surface area contributed by atoms with Gasteiger partial charge in [-0.1, -0.05) is 35.8 Å². The van der Waals surface area contributed by atoms with Gasteiger partial charge in [-0.15, -0.1) is 0 Å². The predicted molar refractivity (Wildman–Crippen MR) is 62.3 cm³/mol. The van der Waals surface area contributed by atoms with Gasteiger partial charge in [0.25, 0.3) is 0 Å². The fourth-order valence-electron chi connectivity index (χ4n) is 1.48. The minimum atomic E-state index is -0.264. The van der Waals surface area contributed by atoms with E-state index in [0.29, 0.717) is 12.8 Å². The molecule has 0 saturated carbocycles. The maximum Gasteiger partial charge on any atom is 0.135 e. The Morgan fingerprint density at radius 2 is 2.20 bits per heavy atom. The number of carbonyl (C=O) groups is 1. The third-order valence-corrected chi connectivity index (χ3v) is 3.18. The van der Waals surface area contributed by atoms with Gasteiger partial charge < -0.3 is 0 Å². The van der Waals surface area contributed by atoms with Crippen molar-refractivity contribution in [2.24, 2.45) is 5.92 Å². The average Bonchev–Trinajstić information content (AvgIpc) is 2.20. The van der Waals surface area contributed by atoms with E-state index in [1.165, 1.54) is 12.1 Å². The summed E-state index contributed by atoms with van der Waals surface area (Å²) in [5.74, 6) is -0.0249. The number of halogens is 2. The van der Waals surface area contributed by atoms with Crippen molar-refractivity contribution in [2.75, 3.05) is 0 Å². The van der Waals surface area contributed by atoms with E-state index in [1.807, 2.05) is 13.8 Å². The molecule has 15 heavy (non-hydrogen) atoms. The molecule has 0 aliphatic heterocycles. The van der Waals surface area contributed by atoms with Crippen LogP contribution in [0.1, 0.15) is 25.8 Å². The Hall–Kier alpha value is -0.700. The van der Waals surface area contributed by atoms with Gasteiger partial charge in [0.1, 0.15) is 11.6 Å². The van der Waals surface area contributed by atoms with Crippen LogP contribution in [-0.4, -0.2) is 5.78 Å². The molecular formula is C12H14BrFO. The Morgan fingerprint density at radius 1 is 1.53 bits per heavy atom. The SMILES string of the molecule is CCC(=O)C(C)Cc1ccc(F)cc1Br. The minimum Gasteiger partial charge on any atom is -0.299 e. The van der Waals surface area contributed by atoms with E-state index in [4.69, 9.17) is 0 Å². The Kier molecular flexibility index (Phi) is 4.45. The molecule has 0 fully saturated rings. The number of benzene rings is 1. The lowest BCUT2D eigenvalue weighted by atomic mass is 9.96. The molecule has 1 aromatic carbocycles. The van der Waals surface area contributed by atoms with Gasteiger partial charge in [-0.3, -0.25) is 4.79 Å². The number of ketones is 1. The summed E-state index contributed by atoms with van der Waals surface area (Å²) in [4.78, 5) is 11.4. The smallest absolute Gasteiger partial charge is 0.135 e. The fourth-order valence-corrected chi connectivity index (χ4v) is 1.99. The number of carbonyl (C=O) groups excluding carboxylic acids is 1. The molecule has 1 atom stereocenters. The summed E-state index contributed by atoms with van der Waals surface area (Å²) in [5.41, 5.74) is 0.978. The second-order valence-corrected chi connectivity index (χ2v) is 4.52. The van der Waals surface area contributed by atoms with Crippen molar-refractivity contribution in [3.05, 3.63) is 34.1 Å². The Morgan fingerprint density at radius 3 is 2.73 bits per heavy atom. The second kappa shape index (κ2) is 5.40. The molecule has 0 bridgehead atoms. The summed E-state index contributed by atoms with van der Waals surface area (Å²) in [6.07, 6.45) is 1.22. The monoisotopic (exact) mass is 272 g/mol. The molecule has 0 aromatic heterocycles. The molecule has 1 nitrogen and oxygen atoms in total. The largest absolute Gasteiger partial charge is 0.299 e. The number of hydrogen-bond acceptors (Lipinski definition) is 1. The van der Waals surface area contributed by atoms with E-state index < -0.39 is 0 Å². The molecule has 0 N–H and O–H groups in total. The second-order valence-electron chi connectivity index (χ2n) is 3.66. The van der Waals surface area contributed by atoms with Crippen LogP contribution in [0, 0.1) is 11.7 Å². The predicted octanol–water partition coefficient (Wildman–Crippen LogP) is 3.75. The van der Waals surface area contributed by atoms with E-state index in [0.717, 1.165) is 10.0 Å².